The van der Waals surface area contributed by atoms with Gasteiger partial charge in [-0.05, 0) is 37.1 Å². The van der Waals surface area contributed by atoms with Crippen LogP contribution in [-0.2, 0) is 4.79 Å². The van der Waals surface area contributed by atoms with Crippen molar-refractivity contribution in [2.75, 3.05) is 23.3 Å². The molecule has 7 heteroatoms. The average Bonchev–Trinajstić information content (AvgIpc) is 2.79. The molecule has 1 aliphatic rings. The maximum Gasteiger partial charge on any atom is 0.228 e. The Balaban J connectivity index is 1.26. The minimum atomic E-state index is -0.0290. The van der Waals surface area contributed by atoms with E-state index in [0.717, 1.165) is 48.0 Å². The van der Waals surface area contributed by atoms with E-state index in [4.69, 9.17) is 0 Å². The molecule has 1 aromatic carbocycles. The van der Waals surface area contributed by atoms with Crippen molar-refractivity contribution in [1.29, 1.82) is 0 Å². The minimum absolute atomic E-state index is 0.0290. The smallest absolute Gasteiger partial charge is 0.228 e. The summed E-state index contributed by atoms with van der Waals surface area (Å²) in [4.78, 5) is 32.6. The van der Waals surface area contributed by atoms with Crippen LogP contribution in [0.2, 0.25) is 0 Å². The zero-order valence-electron chi connectivity index (χ0n) is 15.8. The molecule has 0 aliphatic carbocycles. The van der Waals surface area contributed by atoms with Crippen molar-refractivity contribution in [3.05, 3.63) is 61.1 Å². The Morgan fingerprint density at radius 3 is 2.62 bits per heavy atom. The number of pyridine rings is 2. The summed E-state index contributed by atoms with van der Waals surface area (Å²) in [6.07, 6.45) is 6.66. The number of anilines is 2. The van der Waals surface area contributed by atoms with Crippen LogP contribution in [0.25, 0.3) is 22.1 Å². The van der Waals surface area contributed by atoms with Gasteiger partial charge in [-0.25, -0.2) is 19.9 Å². The van der Waals surface area contributed by atoms with Crippen LogP contribution in [-0.4, -0.2) is 38.9 Å². The number of nitrogens with one attached hydrogen (secondary N) is 1. The summed E-state index contributed by atoms with van der Waals surface area (Å²) in [6, 6.07) is 13.7. The van der Waals surface area contributed by atoms with E-state index in [2.05, 4.69) is 30.2 Å². The molecule has 4 heterocycles. The third-order valence-corrected chi connectivity index (χ3v) is 5.41. The Morgan fingerprint density at radius 2 is 1.72 bits per heavy atom. The van der Waals surface area contributed by atoms with E-state index in [9.17, 15) is 4.79 Å². The summed E-state index contributed by atoms with van der Waals surface area (Å²) in [5.41, 5.74) is 3.36. The number of nitrogens with zero attached hydrogens (tertiary/aromatic N) is 5. The summed E-state index contributed by atoms with van der Waals surface area (Å²) >= 11 is 0. The highest BCUT2D eigenvalue weighted by atomic mass is 16.1. The molecular formula is C22H20N6O. The van der Waals surface area contributed by atoms with Crippen LogP contribution in [0.3, 0.4) is 0 Å². The van der Waals surface area contributed by atoms with Crippen molar-refractivity contribution in [3.8, 4) is 0 Å². The molecule has 0 radical (unpaired) electrons. The minimum Gasteiger partial charge on any atom is -0.370 e. The molecule has 1 N–H and O–H groups in total. The van der Waals surface area contributed by atoms with Gasteiger partial charge in [0, 0.05) is 43.0 Å². The van der Waals surface area contributed by atoms with Crippen molar-refractivity contribution in [3.63, 3.8) is 0 Å². The molecule has 0 atom stereocenters. The molecule has 0 saturated carbocycles. The molecule has 0 unspecified atom stereocenters. The Hall–Kier alpha value is -3.61. The molecule has 1 amide bonds. The Morgan fingerprint density at radius 1 is 0.931 bits per heavy atom. The van der Waals surface area contributed by atoms with Crippen LogP contribution < -0.4 is 10.2 Å². The number of rotatable bonds is 3. The maximum absolute atomic E-state index is 12.8. The number of carbonyl (C=O) groups excluding carboxylic acids is 1. The highest BCUT2D eigenvalue weighted by molar-refractivity contribution is 5.93. The fourth-order valence-electron chi connectivity index (χ4n) is 3.86. The zero-order valence-corrected chi connectivity index (χ0v) is 15.8. The molecule has 1 aliphatic heterocycles. The molecule has 3 aromatic heterocycles. The van der Waals surface area contributed by atoms with Crippen molar-refractivity contribution in [1.82, 2.24) is 19.9 Å². The number of hydrogen-bond donors (Lipinski definition) is 1. The molecule has 0 spiro atoms. The van der Waals surface area contributed by atoms with Crippen LogP contribution in [0.4, 0.5) is 11.5 Å². The molecule has 7 nitrogen and oxygen atoms in total. The monoisotopic (exact) mass is 384 g/mol. The van der Waals surface area contributed by atoms with Gasteiger partial charge in [0.15, 0.2) is 5.65 Å². The van der Waals surface area contributed by atoms with Crippen LogP contribution in [0, 0.1) is 5.92 Å². The van der Waals surface area contributed by atoms with E-state index >= 15 is 0 Å². The van der Waals surface area contributed by atoms with Crippen LogP contribution in [0.1, 0.15) is 12.8 Å². The van der Waals surface area contributed by atoms with Crippen LogP contribution in [0.5, 0.6) is 0 Å². The molecule has 4 aromatic rings. The Kier molecular flexibility index (Phi) is 4.48. The summed E-state index contributed by atoms with van der Waals surface area (Å²) in [5.74, 6) is 0.608. The first kappa shape index (κ1) is 17.5. The van der Waals surface area contributed by atoms with Crippen molar-refractivity contribution in [2.24, 2.45) is 5.92 Å². The standard InChI is InChI=1S/C22H20N6O/c29-22(27-19-6-5-15-3-1-2-4-17(15)26-19)16-8-13-28(14-9-16)18-7-10-24-21-20(18)23-11-12-25-21/h1-7,10-12,16H,8-9,13-14H2,(H,26,27,29). The number of fused-ring (bicyclic) bond motifs is 2. The maximum atomic E-state index is 12.8. The van der Waals surface area contributed by atoms with E-state index in [1.54, 1.807) is 18.6 Å². The summed E-state index contributed by atoms with van der Waals surface area (Å²) < 4.78 is 0. The molecule has 144 valence electrons. The molecular weight excluding hydrogens is 364 g/mol. The highest BCUT2D eigenvalue weighted by Gasteiger charge is 2.26. The van der Waals surface area contributed by atoms with Gasteiger partial charge in [-0.3, -0.25) is 4.79 Å². The lowest BCUT2D eigenvalue weighted by molar-refractivity contribution is -0.120. The van der Waals surface area contributed by atoms with Crippen LogP contribution in [0.15, 0.2) is 61.1 Å². The lowest BCUT2D eigenvalue weighted by atomic mass is 9.95. The second-order valence-corrected chi connectivity index (χ2v) is 7.20. The predicted molar refractivity (Wildman–Crippen MR) is 113 cm³/mol. The predicted octanol–water partition coefficient (Wildman–Crippen LogP) is 3.43. The quantitative estimate of drug-likeness (QED) is 0.583. The summed E-state index contributed by atoms with van der Waals surface area (Å²) in [7, 11) is 0. The van der Waals surface area contributed by atoms with Gasteiger partial charge < -0.3 is 10.2 Å². The lowest BCUT2D eigenvalue weighted by Gasteiger charge is -2.33. The van der Waals surface area contributed by atoms with Gasteiger partial charge in [-0.15, -0.1) is 0 Å². The van der Waals surface area contributed by atoms with Gasteiger partial charge >= 0.3 is 0 Å². The van der Waals surface area contributed by atoms with Gasteiger partial charge in [0.25, 0.3) is 0 Å². The number of hydrogen-bond acceptors (Lipinski definition) is 6. The molecule has 1 saturated heterocycles. The molecule has 0 bridgehead atoms. The normalized spacial score (nSPS) is 15.0. The van der Waals surface area contributed by atoms with Gasteiger partial charge in [0.05, 0.1) is 11.2 Å². The SMILES string of the molecule is O=C(Nc1ccc2ccccc2n1)C1CCN(c2ccnc3nccnc23)CC1. The van der Waals surface area contributed by atoms with Gasteiger partial charge in [-0.1, -0.05) is 18.2 Å². The fraction of sp³-hybridized carbons (Fsp3) is 0.227. The van der Waals surface area contributed by atoms with Crippen molar-refractivity contribution in [2.45, 2.75) is 12.8 Å². The van der Waals surface area contributed by atoms with Gasteiger partial charge in [0.1, 0.15) is 11.3 Å². The van der Waals surface area contributed by atoms with E-state index in [1.165, 1.54) is 0 Å². The number of benzene rings is 1. The number of amides is 1. The van der Waals surface area contributed by atoms with Gasteiger partial charge in [-0.2, -0.15) is 0 Å². The topological polar surface area (TPSA) is 83.9 Å². The third kappa shape index (κ3) is 3.47. The molecule has 5 rings (SSSR count). The number of carbonyl (C=O) groups is 1. The second-order valence-electron chi connectivity index (χ2n) is 7.20. The molecule has 1 fully saturated rings. The van der Waals surface area contributed by atoms with E-state index in [1.807, 2.05) is 42.5 Å². The lowest BCUT2D eigenvalue weighted by Crippen LogP contribution is -2.38. The van der Waals surface area contributed by atoms with Crippen molar-refractivity contribution >= 4 is 39.5 Å². The Labute approximate surface area is 167 Å². The number of piperidine rings is 1. The fourth-order valence-corrected chi connectivity index (χ4v) is 3.86. The third-order valence-electron chi connectivity index (χ3n) is 5.41. The summed E-state index contributed by atoms with van der Waals surface area (Å²) in [5, 5.41) is 4.05. The highest BCUT2D eigenvalue weighted by Crippen LogP contribution is 2.28. The van der Waals surface area contributed by atoms with E-state index in [-0.39, 0.29) is 11.8 Å². The van der Waals surface area contributed by atoms with Crippen LogP contribution >= 0.6 is 0 Å². The zero-order chi connectivity index (χ0) is 19.6. The largest absolute Gasteiger partial charge is 0.370 e. The Bertz CT molecular complexity index is 1180. The number of aromatic nitrogens is 4. The first-order valence-corrected chi connectivity index (χ1v) is 9.75. The second kappa shape index (κ2) is 7.43. The van der Waals surface area contributed by atoms with Gasteiger partial charge in [0.2, 0.25) is 5.91 Å². The van der Waals surface area contributed by atoms with E-state index in [0.29, 0.717) is 11.5 Å². The first-order valence-electron chi connectivity index (χ1n) is 9.75. The average molecular weight is 384 g/mol. The number of para-hydroxylation sites is 1. The molecule has 29 heavy (non-hydrogen) atoms. The first-order chi connectivity index (χ1) is 14.3. The summed E-state index contributed by atoms with van der Waals surface area (Å²) in [6.45, 7) is 1.58. The van der Waals surface area contributed by atoms with Crippen molar-refractivity contribution < 1.29 is 4.79 Å². The van der Waals surface area contributed by atoms with E-state index < -0.39 is 0 Å².